The molecule has 0 bridgehead atoms. The maximum Gasteiger partial charge on any atom is 0.410 e. The van der Waals surface area contributed by atoms with Crippen LogP contribution in [-0.2, 0) is 14.9 Å². The van der Waals surface area contributed by atoms with Crippen LogP contribution in [0.5, 0.6) is 5.75 Å². The predicted octanol–water partition coefficient (Wildman–Crippen LogP) is 3.29. The first-order valence-corrected chi connectivity index (χ1v) is 8.72. The van der Waals surface area contributed by atoms with Crippen molar-refractivity contribution in [3.63, 3.8) is 0 Å². The van der Waals surface area contributed by atoms with Crippen LogP contribution in [0.1, 0.15) is 39.2 Å². The minimum Gasteiger partial charge on any atom is -0.508 e. The molecule has 1 spiro atoms. The van der Waals surface area contributed by atoms with E-state index in [1.807, 2.05) is 20.8 Å². The van der Waals surface area contributed by atoms with Crippen molar-refractivity contribution in [1.29, 1.82) is 0 Å². The van der Waals surface area contributed by atoms with Crippen molar-refractivity contribution >= 4 is 29.3 Å². The summed E-state index contributed by atoms with van der Waals surface area (Å²) in [6.45, 7) is 6.33. The fraction of sp³-hybridized carbons (Fsp3) is 0.556. The molecule has 2 aliphatic rings. The fourth-order valence-electron chi connectivity index (χ4n) is 3.72. The normalized spacial score (nSPS) is 19.3. The number of hydrogen-bond donors (Lipinski definition) is 1. The molecule has 2 aliphatic heterocycles. The maximum absolute atomic E-state index is 13.0. The third-order valence-electron chi connectivity index (χ3n) is 4.88. The Hall–Kier alpha value is -1.95. The summed E-state index contributed by atoms with van der Waals surface area (Å²) in [5, 5.41) is 10.2. The first kappa shape index (κ1) is 17.9. The molecule has 136 valence electrons. The van der Waals surface area contributed by atoms with Crippen LogP contribution >= 0.6 is 11.6 Å². The molecule has 25 heavy (non-hydrogen) atoms. The molecular weight excluding hydrogens is 344 g/mol. The molecule has 1 fully saturated rings. The quantitative estimate of drug-likeness (QED) is 0.764. The number of anilines is 1. The van der Waals surface area contributed by atoms with E-state index < -0.39 is 11.0 Å². The van der Waals surface area contributed by atoms with Gasteiger partial charge in [0.25, 0.3) is 0 Å². The Labute approximate surface area is 152 Å². The van der Waals surface area contributed by atoms with E-state index in [9.17, 15) is 14.7 Å². The summed E-state index contributed by atoms with van der Waals surface area (Å²) in [7, 11) is 1.69. The molecule has 0 atom stereocenters. The number of ether oxygens (including phenoxy) is 1. The zero-order chi connectivity index (χ0) is 18.6. The molecular formula is C18H23ClN2O4. The highest BCUT2D eigenvalue weighted by molar-refractivity contribution is 6.33. The van der Waals surface area contributed by atoms with E-state index in [0.717, 1.165) is 5.56 Å². The smallest absolute Gasteiger partial charge is 0.410 e. The predicted molar refractivity (Wildman–Crippen MR) is 95.2 cm³/mol. The van der Waals surface area contributed by atoms with Crippen LogP contribution in [0.4, 0.5) is 10.5 Å². The lowest BCUT2D eigenvalue weighted by molar-refractivity contribution is -0.124. The number of phenols is 1. The lowest BCUT2D eigenvalue weighted by Crippen LogP contribution is -2.50. The zero-order valence-electron chi connectivity index (χ0n) is 14.9. The van der Waals surface area contributed by atoms with Crippen molar-refractivity contribution in [2.45, 2.75) is 44.6 Å². The van der Waals surface area contributed by atoms with Gasteiger partial charge in [-0.25, -0.2) is 4.79 Å². The van der Waals surface area contributed by atoms with Crippen LogP contribution in [-0.4, -0.2) is 47.7 Å². The number of carbonyl (C=O) groups is 2. The first-order valence-electron chi connectivity index (χ1n) is 8.34. The second kappa shape index (κ2) is 5.80. The number of hydrogen-bond acceptors (Lipinski definition) is 4. The molecule has 2 heterocycles. The summed E-state index contributed by atoms with van der Waals surface area (Å²) in [6.07, 6.45) is 0.595. The Morgan fingerprint density at radius 2 is 1.88 bits per heavy atom. The number of likely N-dealkylation sites (tertiary alicyclic amines) is 1. The number of carbonyl (C=O) groups excluding carboxylic acids is 2. The molecule has 0 unspecified atom stereocenters. The van der Waals surface area contributed by atoms with E-state index in [2.05, 4.69) is 0 Å². The Bertz CT molecular complexity index is 733. The summed E-state index contributed by atoms with van der Waals surface area (Å²) in [5.74, 6) is -0.00882. The highest BCUT2D eigenvalue weighted by atomic mass is 35.5. The number of likely N-dealkylation sites (N-methyl/N-ethyl adjacent to an activating group) is 1. The summed E-state index contributed by atoms with van der Waals surface area (Å²) in [5.41, 5.74) is 0.0974. The number of fused-ring (bicyclic) bond motifs is 2. The van der Waals surface area contributed by atoms with Gasteiger partial charge in [-0.3, -0.25) is 4.79 Å². The van der Waals surface area contributed by atoms with Crippen molar-refractivity contribution in [3.8, 4) is 5.75 Å². The highest BCUT2D eigenvalue weighted by Gasteiger charge is 2.53. The number of rotatable bonds is 0. The summed E-state index contributed by atoms with van der Waals surface area (Å²) >= 11 is 6.37. The molecule has 0 aromatic heterocycles. The summed E-state index contributed by atoms with van der Waals surface area (Å²) in [4.78, 5) is 28.4. The van der Waals surface area contributed by atoms with Gasteiger partial charge in [0.05, 0.1) is 16.1 Å². The zero-order valence-corrected chi connectivity index (χ0v) is 15.7. The van der Waals surface area contributed by atoms with Gasteiger partial charge >= 0.3 is 6.09 Å². The van der Waals surface area contributed by atoms with Gasteiger partial charge in [-0.05, 0) is 39.7 Å². The highest BCUT2D eigenvalue weighted by Crippen LogP contribution is 2.51. The minimum absolute atomic E-state index is 0.0339. The van der Waals surface area contributed by atoms with Crippen LogP contribution in [0, 0.1) is 0 Å². The van der Waals surface area contributed by atoms with E-state index in [-0.39, 0.29) is 17.7 Å². The molecule has 1 aromatic carbocycles. The van der Waals surface area contributed by atoms with E-state index >= 15 is 0 Å². The lowest BCUT2D eigenvalue weighted by Gasteiger charge is -2.39. The van der Waals surface area contributed by atoms with Crippen molar-refractivity contribution in [2.75, 3.05) is 25.0 Å². The van der Waals surface area contributed by atoms with Gasteiger partial charge in [-0.2, -0.15) is 0 Å². The number of benzene rings is 1. The fourth-order valence-corrected chi connectivity index (χ4v) is 4.10. The van der Waals surface area contributed by atoms with Crippen molar-refractivity contribution in [1.82, 2.24) is 4.90 Å². The number of aromatic hydroxyl groups is 1. The third kappa shape index (κ3) is 2.92. The molecule has 1 aromatic rings. The van der Waals surface area contributed by atoms with Crippen LogP contribution in [0.2, 0.25) is 5.02 Å². The molecule has 6 nitrogen and oxygen atoms in total. The van der Waals surface area contributed by atoms with Crippen LogP contribution in [0.3, 0.4) is 0 Å². The average molecular weight is 367 g/mol. The Morgan fingerprint density at radius 3 is 2.44 bits per heavy atom. The SMILES string of the molecule is CN1C(=O)C2(CCN(C(=O)OC(C)(C)C)CC2)c2c(Cl)cc(O)cc21. The number of nitrogens with zero attached hydrogens (tertiary/aromatic N) is 2. The molecule has 0 radical (unpaired) electrons. The second-order valence-corrected chi connectivity index (χ2v) is 8.14. The van der Waals surface area contributed by atoms with E-state index in [1.165, 1.54) is 6.07 Å². The molecule has 1 N–H and O–H groups in total. The lowest BCUT2D eigenvalue weighted by atomic mass is 9.73. The monoisotopic (exact) mass is 366 g/mol. The topological polar surface area (TPSA) is 70.1 Å². The average Bonchev–Trinajstić information content (AvgIpc) is 2.69. The molecule has 1 saturated heterocycles. The van der Waals surface area contributed by atoms with Crippen molar-refractivity contribution < 1.29 is 19.4 Å². The van der Waals surface area contributed by atoms with Crippen molar-refractivity contribution in [2.24, 2.45) is 0 Å². The minimum atomic E-state index is -0.743. The Kier molecular flexibility index (Phi) is 4.14. The maximum atomic E-state index is 13.0. The molecule has 3 rings (SSSR count). The Balaban J connectivity index is 1.87. The summed E-state index contributed by atoms with van der Waals surface area (Å²) in [6, 6.07) is 3.03. The third-order valence-corrected chi connectivity index (χ3v) is 5.17. The molecule has 2 amide bonds. The number of halogens is 1. The van der Waals surface area contributed by atoms with Gasteiger partial charge in [0.15, 0.2) is 0 Å². The number of phenolic OH excluding ortho intramolecular Hbond substituents is 1. The van der Waals surface area contributed by atoms with Gasteiger partial charge in [0.1, 0.15) is 11.4 Å². The molecule has 0 aliphatic carbocycles. The Morgan fingerprint density at radius 1 is 1.28 bits per heavy atom. The first-order chi connectivity index (χ1) is 11.5. The van der Waals surface area contributed by atoms with Gasteiger partial charge in [0, 0.05) is 31.8 Å². The van der Waals surface area contributed by atoms with Crippen LogP contribution < -0.4 is 4.90 Å². The molecule has 0 saturated carbocycles. The van der Waals surface area contributed by atoms with Crippen LogP contribution in [0.25, 0.3) is 0 Å². The largest absolute Gasteiger partial charge is 0.508 e. The van der Waals surface area contributed by atoms with Gasteiger partial charge in [0.2, 0.25) is 5.91 Å². The van der Waals surface area contributed by atoms with E-state index in [0.29, 0.717) is 36.6 Å². The van der Waals surface area contributed by atoms with Crippen molar-refractivity contribution in [3.05, 3.63) is 22.7 Å². The molecule has 7 heteroatoms. The standard InChI is InChI=1S/C18H23ClN2O4/c1-17(2,3)25-16(24)21-7-5-18(6-8-21)14-12(19)9-11(22)10-13(14)20(4)15(18)23/h9-10,22H,5-8H2,1-4H3. The summed E-state index contributed by atoms with van der Waals surface area (Å²) < 4.78 is 5.42. The van der Waals surface area contributed by atoms with Gasteiger partial charge in [-0.15, -0.1) is 0 Å². The van der Waals surface area contributed by atoms with Gasteiger partial charge < -0.3 is 19.6 Å². The van der Waals surface area contributed by atoms with E-state index in [1.54, 1.807) is 22.9 Å². The number of piperidine rings is 1. The second-order valence-electron chi connectivity index (χ2n) is 7.74. The number of amides is 2. The van der Waals surface area contributed by atoms with E-state index in [4.69, 9.17) is 16.3 Å². The van der Waals surface area contributed by atoms with Crippen LogP contribution in [0.15, 0.2) is 12.1 Å². The van der Waals surface area contributed by atoms with Gasteiger partial charge in [-0.1, -0.05) is 11.6 Å².